The molecule has 2 aromatic carbocycles. The molecule has 21 heavy (non-hydrogen) atoms. The third-order valence-electron chi connectivity index (χ3n) is 3.09. The van der Waals surface area contributed by atoms with Gasteiger partial charge in [-0.3, -0.25) is 0 Å². The summed E-state index contributed by atoms with van der Waals surface area (Å²) in [6.07, 6.45) is 1.21. The fourth-order valence-electron chi connectivity index (χ4n) is 1.98. The SMILES string of the molecule is CC(Nc1ccc(S(C)(=O)=O)cc1)c1ccc(Br)cc1Br. The van der Waals surface area contributed by atoms with E-state index in [1.807, 2.05) is 18.2 Å². The number of rotatable bonds is 4. The fourth-order valence-corrected chi connectivity index (χ4v) is 4.00. The Labute approximate surface area is 141 Å². The van der Waals surface area contributed by atoms with Gasteiger partial charge in [-0.1, -0.05) is 37.9 Å². The van der Waals surface area contributed by atoms with E-state index < -0.39 is 9.84 Å². The first-order valence-corrected chi connectivity index (χ1v) is 9.77. The average Bonchev–Trinajstić information content (AvgIpc) is 2.38. The van der Waals surface area contributed by atoms with Gasteiger partial charge >= 0.3 is 0 Å². The maximum atomic E-state index is 11.4. The summed E-state index contributed by atoms with van der Waals surface area (Å²) in [5.74, 6) is 0. The smallest absolute Gasteiger partial charge is 0.175 e. The van der Waals surface area contributed by atoms with E-state index >= 15 is 0 Å². The minimum atomic E-state index is -3.15. The summed E-state index contributed by atoms with van der Waals surface area (Å²) in [4.78, 5) is 0.325. The molecule has 1 atom stereocenters. The number of anilines is 1. The van der Waals surface area contributed by atoms with Crippen molar-refractivity contribution in [2.24, 2.45) is 0 Å². The van der Waals surface area contributed by atoms with Crippen LogP contribution in [-0.4, -0.2) is 14.7 Å². The van der Waals surface area contributed by atoms with Crippen LogP contribution < -0.4 is 5.32 Å². The summed E-state index contributed by atoms with van der Waals surface area (Å²) in [5, 5.41) is 3.36. The molecule has 1 unspecified atom stereocenters. The highest BCUT2D eigenvalue weighted by Crippen LogP contribution is 2.29. The van der Waals surface area contributed by atoms with Gasteiger partial charge in [0.15, 0.2) is 9.84 Å². The van der Waals surface area contributed by atoms with Gasteiger partial charge in [0.05, 0.1) is 4.90 Å². The standard InChI is InChI=1S/C15H15Br2NO2S/c1-10(14-8-3-11(16)9-15(14)17)18-12-4-6-13(7-5-12)21(2,19)20/h3-10,18H,1-2H3. The topological polar surface area (TPSA) is 46.2 Å². The molecule has 112 valence electrons. The largest absolute Gasteiger partial charge is 0.378 e. The van der Waals surface area contributed by atoms with Crippen molar-refractivity contribution >= 4 is 47.4 Å². The van der Waals surface area contributed by atoms with E-state index in [2.05, 4.69) is 44.1 Å². The Bertz CT molecular complexity index is 743. The zero-order valence-electron chi connectivity index (χ0n) is 11.6. The lowest BCUT2D eigenvalue weighted by atomic mass is 10.1. The van der Waals surface area contributed by atoms with Crippen molar-refractivity contribution in [1.29, 1.82) is 0 Å². The lowest BCUT2D eigenvalue weighted by molar-refractivity contribution is 0.602. The van der Waals surface area contributed by atoms with E-state index in [4.69, 9.17) is 0 Å². The molecule has 6 heteroatoms. The molecule has 0 amide bonds. The molecule has 0 aliphatic carbocycles. The van der Waals surface area contributed by atoms with Gasteiger partial charge in [-0.05, 0) is 48.9 Å². The Morgan fingerprint density at radius 2 is 1.67 bits per heavy atom. The molecule has 0 aliphatic heterocycles. The van der Waals surface area contributed by atoms with Crippen LogP contribution in [0.5, 0.6) is 0 Å². The number of hydrogen-bond acceptors (Lipinski definition) is 3. The van der Waals surface area contributed by atoms with Crippen LogP contribution in [0.15, 0.2) is 56.3 Å². The third-order valence-corrected chi connectivity index (χ3v) is 5.40. The van der Waals surface area contributed by atoms with Crippen LogP contribution in [0.4, 0.5) is 5.69 Å². The third kappa shape index (κ3) is 4.31. The molecule has 0 spiro atoms. The van der Waals surface area contributed by atoms with Crippen LogP contribution in [0.2, 0.25) is 0 Å². The molecule has 0 saturated heterocycles. The Kier molecular flexibility index (Phi) is 5.11. The van der Waals surface area contributed by atoms with Crippen molar-refractivity contribution in [2.45, 2.75) is 17.9 Å². The molecule has 0 fully saturated rings. The zero-order valence-corrected chi connectivity index (χ0v) is 15.6. The molecule has 0 radical (unpaired) electrons. The second-order valence-corrected chi connectivity index (χ2v) is 8.61. The van der Waals surface area contributed by atoms with Crippen LogP contribution in [-0.2, 0) is 9.84 Å². The van der Waals surface area contributed by atoms with Gasteiger partial charge in [0, 0.05) is 26.9 Å². The van der Waals surface area contributed by atoms with Crippen LogP contribution in [0.3, 0.4) is 0 Å². The molecule has 0 heterocycles. The predicted octanol–water partition coefficient (Wildman–Crippen LogP) is 4.79. The van der Waals surface area contributed by atoms with Gasteiger partial charge in [-0.2, -0.15) is 0 Å². The van der Waals surface area contributed by atoms with Crippen molar-refractivity contribution < 1.29 is 8.42 Å². The molecular weight excluding hydrogens is 418 g/mol. The Balaban J connectivity index is 2.18. The average molecular weight is 433 g/mol. The quantitative estimate of drug-likeness (QED) is 0.755. The second kappa shape index (κ2) is 6.50. The minimum Gasteiger partial charge on any atom is -0.378 e. The number of benzene rings is 2. The van der Waals surface area contributed by atoms with Gasteiger partial charge in [0.1, 0.15) is 0 Å². The highest BCUT2D eigenvalue weighted by atomic mass is 79.9. The van der Waals surface area contributed by atoms with Crippen molar-refractivity contribution in [2.75, 3.05) is 11.6 Å². The van der Waals surface area contributed by atoms with Crippen molar-refractivity contribution in [3.63, 3.8) is 0 Å². The fraction of sp³-hybridized carbons (Fsp3) is 0.200. The molecule has 1 N–H and O–H groups in total. The van der Waals surface area contributed by atoms with Gasteiger partial charge < -0.3 is 5.32 Å². The molecule has 0 aliphatic rings. The summed E-state index contributed by atoms with van der Waals surface area (Å²) < 4.78 is 24.9. The first-order valence-electron chi connectivity index (χ1n) is 6.29. The van der Waals surface area contributed by atoms with Crippen LogP contribution in [0.1, 0.15) is 18.5 Å². The van der Waals surface area contributed by atoms with Gasteiger partial charge in [-0.25, -0.2) is 8.42 Å². The lowest BCUT2D eigenvalue weighted by Gasteiger charge is -2.17. The van der Waals surface area contributed by atoms with Crippen molar-refractivity contribution in [3.8, 4) is 0 Å². The second-order valence-electron chi connectivity index (χ2n) is 4.83. The lowest BCUT2D eigenvalue weighted by Crippen LogP contribution is -2.07. The number of nitrogens with one attached hydrogen (secondary N) is 1. The molecular formula is C15H15Br2NO2S. The zero-order chi connectivity index (χ0) is 15.6. The first-order chi connectivity index (χ1) is 9.77. The van der Waals surface area contributed by atoms with Gasteiger partial charge in [-0.15, -0.1) is 0 Å². The molecule has 0 aromatic heterocycles. The Hall–Kier alpha value is -0.850. The Morgan fingerprint density at radius 1 is 1.05 bits per heavy atom. The van der Waals surface area contributed by atoms with E-state index in [0.29, 0.717) is 4.90 Å². The van der Waals surface area contributed by atoms with Gasteiger partial charge in [0.2, 0.25) is 0 Å². The summed E-state index contributed by atoms with van der Waals surface area (Å²) in [5.41, 5.74) is 2.01. The first kappa shape index (κ1) is 16.5. The predicted molar refractivity (Wildman–Crippen MR) is 93.4 cm³/mol. The van der Waals surface area contributed by atoms with Gasteiger partial charge in [0.25, 0.3) is 0 Å². The maximum absolute atomic E-state index is 11.4. The summed E-state index contributed by atoms with van der Waals surface area (Å²) in [6.45, 7) is 2.05. The Morgan fingerprint density at radius 3 is 2.19 bits per heavy atom. The van der Waals surface area contributed by atoms with Crippen LogP contribution in [0, 0.1) is 0 Å². The van der Waals surface area contributed by atoms with E-state index in [1.54, 1.807) is 24.3 Å². The van der Waals surface area contributed by atoms with Crippen molar-refractivity contribution in [1.82, 2.24) is 0 Å². The van der Waals surface area contributed by atoms with Crippen LogP contribution >= 0.6 is 31.9 Å². The number of sulfone groups is 1. The monoisotopic (exact) mass is 431 g/mol. The minimum absolute atomic E-state index is 0.0940. The van der Waals surface area contributed by atoms with E-state index in [-0.39, 0.29) is 6.04 Å². The highest BCUT2D eigenvalue weighted by Gasteiger charge is 2.11. The highest BCUT2D eigenvalue weighted by molar-refractivity contribution is 9.11. The molecule has 0 saturated carbocycles. The van der Waals surface area contributed by atoms with E-state index in [1.165, 1.54) is 6.26 Å². The molecule has 0 bridgehead atoms. The molecule has 2 rings (SSSR count). The molecule has 2 aromatic rings. The summed E-state index contributed by atoms with van der Waals surface area (Å²) in [7, 11) is -3.15. The summed E-state index contributed by atoms with van der Waals surface area (Å²) >= 11 is 6.98. The van der Waals surface area contributed by atoms with E-state index in [0.717, 1.165) is 20.2 Å². The normalized spacial score (nSPS) is 13.0. The maximum Gasteiger partial charge on any atom is 0.175 e. The molecule has 3 nitrogen and oxygen atoms in total. The number of halogens is 2. The number of hydrogen-bond donors (Lipinski definition) is 1. The van der Waals surface area contributed by atoms with Crippen LogP contribution in [0.25, 0.3) is 0 Å². The van der Waals surface area contributed by atoms with E-state index in [9.17, 15) is 8.42 Å². The summed E-state index contributed by atoms with van der Waals surface area (Å²) in [6, 6.07) is 12.9. The van der Waals surface area contributed by atoms with Crippen molar-refractivity contribution in [3.05, 3.63) is 57.0 Å².